The Hall–Kier alpha value is -2.59. The molecule has 8 nitrogen and oxygen atoms in total. The van der Waals surface area contributed by atoms with Crippen LogP contribution in [0, 0.1) is 11.8 Å². The number of benzene rings is 1. The van der Waals surface area contributed by atoms with E-state index in [1.54, 1.807) is 11.3 Å². The van der Waals surface area contributed by atoms with Crippen LogP contribution in [-0.2, 0) is 11.3 Å². The van der Waals surface area contributed by atoms with Crippen molar-refractivity contribution in [2.75, 3.05) is 57.4 Å². The highest BCUT2D eigenvalue weighted by Crippen LogP contribution is 2.35. The summed E-state index contributed by atoms with van der Waals surface area (Å²) in [4.78, 5) is 23.3. The number of hydrogen-bond acceptors (Lipinski definition) is 8. The molecule has 3 aliphatic rings. The van der Waals surface area contributed by atoms with Gasteiger partial charge in [0.15, 0.2) is 17.3 Å². The first kappa shape index (κ1) is 19.8. The number of nitrogens with one attached hydrogen (secondary N) is 2. The van der Waals surface area contributed by atoms with E-state index in [0.29, 0.717) is 0 Å². The van der Waals surface area contributed by atoms with Crippen LogP contribution in [0.3, 0.4) is 0 Å². The number of aromatic nitrogens is 4. The highest BCUT2D eigenvalue weighted by atomic mass is 32.1. The van der Waals surface area contributed by atoms with Crippen LogP contribution in [0.25, 0.3) is 32.6 Å². The minimum absolute atomic E-state index is 0.727. The molecule has 6 heterocycles. The zero-order chi connectivity index (χ0) is 21.8. The van der Waals surface area contributed by atoms with E-state index in [9.17, 15) is 0 Å². The summed E-state index contributed by atoms with van der Waals surface area (Å²) in [6, 6.07) is 8.34. The molecule has 2 N–H and O–H groups in total. The van der Waals surface area contributed by atoms with Gasteiger partial charge in [-0.1, -0.05) is 12.1 Å². The van der Waals surface area contributed by atoms with Crippen LogP contribution in [0.2, 0.25) is 0 Å². The predicted octanol–water partition coefficient (Wildman–Crippen LogP) is 2.72. The van der Waals surface area contributed by atoms with Gasteiger partial charge in [-0.2, -0.15) is 0 Å². The van der Waals surface area contributed by atoms with Gasteiger partial charge in [-0.05, 0) is 37.1 Å². The van der Waals surface area contributed by atoms with Gasteiger partial charge in [0.25, 0.3) is 0 Å². The molecule has 2 unspecified atom stereocenters. The van der Waals surface area contributed by atoms with Gasteiger partial charge < -0.3 is 19.9 Å². The predicted molar refractivity (Wildman–Crippen MR) is 131 cm³/mol. The smallest absolute Gasteiger partial charge is 0.176 e. The minimum atomic E-state index is 0.727. The van der Waals surface area contributed by atoms with E-state index in [1.165, 1.54) is 0 Å². The van der Waals surface area contributed by atoms with Crippen LogP contribution in [-0.4, -0.2) is 77.3 Å². The second-order valence-corrected chi connectivity index (χ2v) is 10.4. The largest absolute Gasteiger partial charge is 0.378 e. The standard InChI is InChI=1S/C24H27N7OS/c1-2-18(17-4-5-26-19(17)3-1)22-28-23-21(24(29-22)31-6-8-32-9-7-31)33-20(27-23)14-30-12-15-10-25-11-16(15)13-30/h1-5,15-16,25-26H,6-14H2. The molecule has 3 aliphatic heterocycles. The average Bonchev–Trinajstić information content (AvgIpc) is 3.62. The quantitative estimate of drug-likeness (QED) is 0.484. The number of morpholine rings is 1. The lowest BCUT2D eigenvalue weighted by Gasteiger charge is -2.28. The molecular formula is C24H27N7OS. The van der Waals surface area contributed by atoms with Crippen LogP contribution in [0.15, 0.2) is 30.5 Å². The minimum Gasteiger partial charge on any atom is -0.378 e. The number of ether oxygens (including phenoxy) is 1. The summed E-state index contributed by atoms with van der Waals surface area (Å²) >= 11 is 1.76. The van der Waals surface area contributed by atoms with E-state index in [2.05, 4.69) is 44.4 Å². The monoisotopic (exact) mass is 461 g/mol. The fourth-order valence-corrected chi connectivity index (χ4v) is 6.65. The van der Waals surface area contributed by atoms with Crippen molar-refractivity contribution >= 4 is 38.4 Å². The number of nitrogens with zero attached hydrogens (tertiary/aromatic N) is 5. The molecule has 170 valence electrons. The summed E-state index contributed by atoms with van der Waals surface area (Å²) in [5.74, 6) is 3.32. The Morgan fingerprint density at radius 1 is 1.03 bits per heavy atom. The molecule has 0 radical (unpaired) electrons. The molecule has 33 heavy (non-hydrogen) atoms. The number of thiazole rings is 1. The lowest BCUT2D eigenvalue weighted by atomic mass is 10.0. The molecule has 2 atom stereocenters. The van der Waals surface area contributed by atoms with Crippen molar-refractivity contribution in [3.05, 3.63) is 35.5 Å². The Morgan fingerprint density at radius 3 is 2.73 bits per heavy atom. The number of rotatable bonds is 4. The van der Waals surface area contributed by atoms with E-state index in [-0.39, 0.29) is 0 Å². The van der Waals surface area contributed by atoms with Crippen molar-refractivity contribution in [3.8, 4) is 11.4 Å². The van der Waals surface area contributed by atoms with Crippen molar-refractivity contribution in [1.82, 2.24) is 30.2 Å². The molecule has 3 fully saturated rings. The topological polar surface area (TPSA) is 82.2 Å². The van der Waals surface area contributed by atoms with Crippen LogP contribution < -0.4 is 10.2 Å². The summed E-state index contributed by atoms with van der Waals surface area (Å²) < 4.78 is 6.71. The number of hydrogen-bond donors (Lipinski definition) is 2. The van der Waals surface area contributed by atoms with Crippen molar-refractivity contribution in [3.63, 3.8) is 0 Å². The Bertz CT molecular complexity index is 1300. The zero-order valence-electron chi connectivity index (χ0n) is 18.5. The van der Waals surface area contributed by atoms with Crippen LogP contribution in [0.5, 0.6) is 0 Å². The van der Waals surface area contributed by atoms with E-state index in [0.717, 1.165) is 114 Å². The van der Waals surface area contributed by atoms with Gasteiger partial charge in [0, 0.05) is 48.8 Å². The summed E-state index contributed by atoms with van der Waals surface area (Å²) in [6.07, 6.45) is 1.97. The number of anilines is 1. The molecule has 0 amide bonds. The number of fused-ring (bicyclic) bond motifs is 3. The van der Waals surface area contributed by atoms with Gasteiger partial charge in [-0.25, -0.2) is 15.0 Å². The fraction of sp³-hybridized carbons (Fsp3) is 0.458. The van der Waals surface area contributed by atoms with Gasteiger partial charge in [0.1, 0.15) is 9.71 Å². The van der Waals surface area contributed by atoms with Gasteiger partial charge in [0.05, 0.1) is 19.8 Å². The zero-order valence-corrected chi connectivity index (χ0v) is 19.3. The molecule has 0 spiro atoms. The van der Waals surface area contributed by atoms with Crippen molar-refractivity contribution in [2.24, 2.45) is 11.8 Å². The normalized spacial score (nSPS) is 23.7. The maximum absolute atomic E-state index is 5.61. The second kappa shape index (κ2) is 8.02. The van der Waals surface area contributed by atoms with Gasteiger partial charge in [-0.3, -0.25) is 4.90 Å². The fourth-order valence-electron chi connectivity index (χ4n) is 5.58. The van der Waals surface area contributed by atoms with Crippen molar-refractivity contribution in [1.29, 1.82) is 0 Å². The Balaban J connectivity index is 1.29. The van der Waals surface area contributed by atoms with E-state index >= 15 is 0 Å². The van der Waals surface area contributed by atoms with E-state index in [1.807, 2.05) is 6.20 Å². The Labute approximate surface area is 196 Å². The van der Waals surface area contributed by atoms with Gasteiger partial charge >= 0.3 is 0 Å². The van der Waals surface area contributed by atoms with E-state index < -0.39 is 0 Å². The lowest BCUT2D eigenvalue weighted by Crippen LogP contribution is -2.36. The maximum atomic E-state index is 5.61. The number of H-pyrrole nitrogens is 1. The summed E-state index contributed by atoms with van der Waals surface area (Å²) in [5, 5.41) is 5.80. The first-order chi connectivity index (χ1) is 16.3. The molecular weight excluding hydrogens is 434 g/mol. The average molecular weight is 462 g/mol. The molecule has 0 bridgehead atoms. The molecule has 4 aromatic rings. The summed E-state index contributed by atoms with van der Waals surface area (Å²) in [7, 11) is 0. The van der Waals surface area contributed by atoms with Crippen molar-refractivity contribution in [2.45, 2.75) is 6.54 Å². The first-order valence-electron chi connectivity index (χ1n) is 11.8. The summed E-state index contributed by atoms with van der Waals surface area (Å²) in [5.41, 5.74) is 2.95. The third-order valence-corrected chi connectivity index (χ3v) is 8.28. The third-order valence-electron chi connectivity index (χ3n) is 7.25. The van der Waals surface area contributed by atoms with Gasteiger partial charge in [0.2, 0.25) is 0 Å². The number of likely N-dealkylation sites (tertiary alicyclic amines) is 1. The maximum Gasteiger partial charge on any atom is 0.176 e. The van der Waals surface area contributed by atoms with Gasteiger partial charge in [-0.15, -0.1) is 11.3 Å². The second-order valence-electron chi connectivity index (χ2n) is 9.35. The highest BCUT2D eigenvalue weighted by Gasteiger charge is 2.36. The lowest BCUT2D eigenvalue weighted by molar-refractivity contribution is 0.122. The van der Waals surface area contributed by atoms with Crippen LogP contribution in [0.4, 0.5) is 5.82 Å². The highest BCUT2D eigenvalue weighted by molar-refractivity contribution is 7.19. The molecule has 3 aromatic heterocycles. The molecule has 9 heteroatoms. The summed E-state index contributed by atoms with van der Waals surface area (Å²) in [6.45, 7) is 8.68. The molecule has 1 aromatic carbocycles. The molecule has 0 saturated carbocycles. The SMILES string of the molecule is c1cc(-c2nc(N3CCOCC3)c3sc(CN4CC5CNCC5C4)nc3n2)c2cc[nH]c2c1. The first-order valence-corrected chi connectivity index (χ1v) is 12.6. The molecule has 0 aliphatic carbocycles. The van der Waals surface area contributed by atoms with Crippen LogP contribution in [0.1, 0.15) is 5.01 Å². The third kappa shape index (κ3) is 3.50. The molecule has 3 saturated heterocycles. The van der Waals surface area contributed by atoms with Crippen molar-refractivity contribution < 1.29 is 4.74 Å². The Kier molecular flexibility index (Phi) is 4.82. The van der Waals surface area contributed by atoms with Crippen LogP contribution >= 0.6 is 11.3 Å². The molecule has 7 rings (SSSR count). The van der Waals surface area contributed by atoms with E-state index in [4.69, 9.17) is 19.7 Å². The number of aromatic amines is 1. The Morgan fingerprint density at radius 2 is 1.88 bits per heavy atom.